The zero-order valence-electron chi connectivity index (χ0n) is 12.1. The topological polar surface area (TPSA) is 74.2 Å². The highest BCUT2D eigenvalue weighted by molar-refractivity contribution is 5.05. The van der Waals surface area contributed by atoms with Gasteiger partial charge >= 0.3 is 0 Å². The van der Waals surface area contributed by atoms with Gasteiger partial charge in [-0.15, -0.1) is 0 Å². The Labute approximate surface area is 109 Å². The van der Waals surface area contributed by atoms with E-state index in [0.717, 1.165) is 19.3 Å². The number of rotatable bonds is 7. The summed E-state index contributed by atoms with van der Waals surface area (Å²) in [4.78, 5) is 4.46. The van der Waals surface area contributed by atoms with Crippen LogP contribution in [0.4, 0.5) is 0 Å². The van der Waals surface area contributed by atoms with Crippen LogP contribution in [0.1, 0.15) is 65.6 Å². The van der Waals surface area contributed by atoms with Crippen molar-refractivity contribution in [3.8, 4) is 0 Å². The van der Waals surface area contributed by atoms with E-state index < -0.39 is 11.1 Å². The second kappa shape index (κ2) is 5.80. The molecule has 0 fully saturated rings. The highest BCUT2D eigenvalue weighted by Crippen LogP contribution is 2.30. The van der Waals surface area contributed by atoms with Crippen LogP contribution in [0.2, 0.25) is 0 Å². The molecule has 104 valence electrons. The second-order valence-corrected chi connectivity index (χ2v) is 4.80. The van der Waals surface area contributed by atoms with Gasteiger partial charge in [-0.2, -0.15) is 4.98 Å². The first kappa shape index (κ1) is 15.1. The molecule has 0 aliphatic heterocycles. The highest BCUT2D eigenvalue weighted by atomic mass is 16.5. The molecule has 0 aliphatic carbocycles. The van der Waals surface area contributed by atoms with E-state index in [1.165, 1.54) is 0 Å². The Kier molecular flexibility index (Phi) is 4.87. The van der Waals surface area contributed by atoms with Crippen molar-refractivity contribution in [3.63, 3.8) is 0 Å². The summed E-state index contributed by atoms with van der Waals surface area (Å²) in [5.41, 5.74) is 5.22. The van der Waals surface area contributed by atoms with Crippen molar-refractivity contribution in [2.75, 3.05) is 6.61 Å². The van der Waals surface area contributed by atoms with E-state index in [2.05, 4.69) is 10.1 Å². The van der Waals surface area contributed by atoms with Gasteiger partial charge in [-0.3, -0.25) is 0 Å². The molecule has 0 saturated carbocycles. The summed E-state index contributed by atoms with van der Waals surface area (Å²) in [5, 5.41) is 4.05. The standard InChI is InChI=1S/C13H25N3O2/c1-6-12(5,17-9-4)10-15-11(18-16-10)13(14,7-2)8-3/h6-9,14H2,1-5H3. The molecule has 1 unspecified atom stereocenters. The molecule has 0 radical (unpaired) electrons. The van der Waals surface area contributed by atoms with Crippen LogP contribution < -0.4 is 5.73 Å². The zero-order chi connectivity index (χ0) is 13.8. The number of nitrogens with two attached hydrogens (primary N) is 1. The molecule has 0 aromatic carbocycles. The van der Waals surface area contributed by atoms with Crippen LogP contribution in [-0.2, 0) is 15.9 Å². The van der Waals surface area contributed by atoms with Gasteiger partial charge in [0.05, 0.1) is 5.54 Å². The molecule has 1 heterocycles. The smallest absolute Gasteiger partial charge is 0.246 e. The van der Waals surface area contributed by atoms with Crippen LogP contribution in [-0.4, -0.2) is 16.7 Å². The van der Waals surface area contributed by atoms with Gasteiger partial charge < -0.3 is 15.0 Å². The van der Waals surface area contributed by atoms with E-state index in [4.69, 9.17) is 15.0 Å². The van der Waals surface area contributed by atoms with Crippen molar-refractivity contribution < 1.29 is 9.26 Å². The lowest BCUT2D eigenvalue weighted by Gasteiger charge is -2.24. The first-order valence-electron chi connectivity index (χ1n) is 6.73. The van der Waals surface area contributed by atoms with Gasteiger partial charge in [-0.25, -0.2) is 0 Å². The summed E-state index contributed by atoms with van der Waals surface area (Å²) in [6.07, 6.45) is 2.32. The molecule has 0 saturated heterocycles. The summed E-state index contributed by atoms with van der Waals surface area (Å²) in [7, 11) is 0. The third-order valence-corrected chi connectivity index (χ3v) is 3.72. The molecule has 0 bridgehead atoms. The summed E-state index contributed by atoms with van der Waals surface area (Å²) < 4.78 is 11.1. The SMILES string of the molecule is CCOC(C)(CC)c1noc(C(N)(CC)CC)n1. The Morgan fingerprint density at radius 2 is 1.78 bits per heavy atom. The molecular formula is C13H25N3O2. The quantitative estimate of drug-likeness (QED) is 0.810. The molecule has 1 aromatic heterocycles. The van der Waals surface area contributed by atoms with Gasteiger partial charge in [0, 0.05) is 6.61 Å². The summed E-state index contributed by atoms with van der Waals surface area (Å²) in [6, 6.07) is 0. The minimum absolute atomic E-state index is 0.501. The average Bonchev–Trinajstić information content (AvgIpc) is 2.88. The Morgan fingerprint density at radius 3 is 2.22 bits per heavy atom. The van der Waals surface area contributed by atoms with Gasteiger partial charge in [0.15, 0.2) is 0 Å². The predicted molar refractivity (Wildman–Crippen MR) is 70.0 cm³/mol. The normalized spacial score (nSPS) is 15.7. The van der Waals surface area contributed by atoms with Crippen LogP contribution >= 0.6 is 0 Å². The maximum absolute atomic E-state index is 6.25. The van der Waals surface area contributed by atoms with Crippen molar-refractivity contribution in [2.24, 2.45) is 5.73 Å². The number of ether oxygens (including phenoxy) is 1. The molecular weight excluding hydrogens is 230 g/mol. The molecule has 5 heteroatoms. The molecule has 1 aromatic rings. The summed E-state index contributed by atoms with van der Waals surface area (Å²) >= 11 is 0. The van der Waals surface area contributed by atoms with Gasteiger partial charge in [0.25, 0.3) is 0 Å². The fourth-order valence-corrected chi connectivity index (χ4v) is 1.84. The first-order valence-corrected chi connectivity index (χ1v) is 6.73. The van der Waals surface area contributed by atoms with Crippen molar-refractivity contribution in [3.05, 3.63) is 11.7 Å². The minimum atomic E-state index is -0.536. The number of aromatic nitrogens is 2. The van der Waals surface area contributed by atoms with Gasteiger partial charge in [0.2, 0.25) is 11.7 Å². The van der Waals surface area contributed by atoms with Crippen molar-refractivity contribution >= 4 is 0 Å². The number of nitrogens with zero attached hydrogens (tertiary/aromatic N) is 2. The predicted octanol–water partition coefficient (Wildman–Crippen LogP) is 2.71. The maximum Gasteiger partial charge on any atom is 0.246 e. The van der Waals surface area contributed by atoms with E-state index in [0.29, 0.717) is 18.3 Å². The molecule has 1 rings (SSSR count). The fourth-order valence-electron chi connectivity index (χ4n) is 1.84. The van der Waals surface area contributed by atoms with Crippen LogP contribution in [0, 0.1) is 0 Å². The Balaban J connectivity index is 3.05. The van der Waals surface area contributed by atoms with E-state index in [1.807, 2.05) is 34.6 Å². The third kappa shape index (κ3) is 2.72. The molecule has 0 amide bonds. The maximum atomic E-state index is 6.25. The molecule has 0 aliphatic rings. The molecule has 18 heavy (non-hydrogen) atoms. The van der Waals surface area contributed by atoms with Crippen LogP contribution in [0.15, 0.2) is 4.52 Å². The van der Waals surface area contributed by atoms with Crippen molar-refractivity contribution in [2.45, 2.75) is 65.0 Å². The van der Waals surface area contributed by atoms with E-state index in [1.54, 1.807) is 0 Å². The number of hydrogen-bond donors (Lipinski definition) is 1. The Bertz CT molecular complexity index is 374. The van der Waals surface area contributed by atoms with Gasteiger partial charge in [-0.1, -0.05) is 25.9 Å². The molecule has 1 atom stereocenters. The van der Waals surface area contributed by atoms with E-state index in [9.17, 15) is 0 Å². The van der Waals surface area contributed by atoms with Crippen LogP contribution in [0.5, 0.6) is 0 Å². The lowest BCUT2D eigenvalue weighted by Crippen LogP contribution is -2.36. The fraction of sp³-hybridized carbons (Fsp3) is 0.846. The lowest BCUT2D eigenvalue weighted by molar-refractivity contribution is -0.0403. The van der Waals surface area contributed by atoms with E-state index in [-0.39, 0.29) is 0 Å². The molecule has 5 nitrogen and oxygen atoms in total. The first-order chi connectivity index (χ1) is 8.45. The highest BCUT2D eigenvalue weighted by Gasteiger charge is 2.35. The Morgan fingerprint density at radius 1 is 1.17 bits per heavy atom. The van der Waals surface area contributed by atoms with Gasteiger partial charge in [0.1, 0.15) is 5.60 Å². The van der Waals surface area contributed by atoms with Gasteiger partial charge in [-0.05, 0) is 33.1 Å². The summed E-state index contributed by atoms with van der Waals surface area (Å²) in [6.45, 7) is 10.6. The van der Waals surface area contributed by atoms with Crippen molar-refractivity contribution in [1.82, 2.24) is 10.1 Å². The third-order valence-electron chi connectivity index (χ3n) is 3.72. The van der Waals surface area contributed by atoms with E-state index >= 15 is 0 Å². The second-order valence-electron chi connectivity index (χ2n) is 4.80. The number of hydrogen-bond acceptors (Lipinski definition) is 5. The molecule has 2 N–H and O–H groups in total. The lowest BCUT2D eigenvalue weighted by atomic mass is 9.94. The monoisotopic (exact) mass is 255 g/mol. The zero-order valence-corrected chi connectivity index (χ0v) is 12.1. The van der Waals surface area contributed by atoms with Crippen LogP contribution in [0.25, 0.3) is 0 Å². The van der Waals surface area contributed by atoms with Crippen LogP contribution in [0.3, 0.4) is 0 Å². The van der Waals surface area contributed by atoms with Crippen molar-refractivity contribution in [1.29, 1.82) is 0 Å². The molecule has 0 spiro atoms. The Hall–Kier alpha value is -0.940. The minimum Gasteiger partial charge on any atom is -0.367 e. The average molecular weight is 255 g/mol. The largest absolute Gasteiger partial charge is 0.367 e. The summed E-state index contributed by atoms with van der Waals surface area (Å²) in [5.74, 6) is 1.08.